The van der Waals surface area contributed by atoms with Crippen LogP contribution in [0.15, 0.2) is 58.8 Å². The van der Waals surface area contributed by atoms with Crippen LogP contribution in [0, 0.1) is 28.6 Å². The average Bonchev–Trinajstić information content (AvgIpc) is 3.50. The van der Waals surface area contributed by atoms with Crippen molar-refractivity contribution in [2.75, 3.05) is 12.4 Å². The third-order valence-corrected chi connectivity index (χ3v) is 11.0. The van der Waals surface area contributed by atoms with E-state index in [4.69, 9.17) is 14.3 Å². The number of hydrogen-bond acceptors (Lipinski definition) is 8. The number of carbonyl (C=O) groups excluding carboxylic acids is 3. The number of allylic oxidation sites excluding steroid dienone is 4. The topological polar surface area (TPSA) is 114 Å². The molecule has 4 aliphatic carbocycles. The van der Waals surface area contributed by atoms with E-state index in [9.17, 15) is 19.5 Å². The summed E-state index contributed by atoms with van der Waals surface area (Å²) in [5, 5.41) is 20.4. The van der Waals surface area contributed by atoms with Gasteiger partial charge in [-0.2, -0.15) is 0 Å². The Hall–Kier alpha value is -2.49. The summed E-state index contributed by atoms with van der Waals surface area (Å²) >= 11 is 0.979. The van der Waals surface area contributed by atoms with E-state index in [0.29, 0.717) is 24.8 Å². The molecule has 0 bridgehead atoms. The number of rotatable bonds is 6. The van der Waals surface area contributed by atoms with Gasteiger partial charge in [0.2, 0.25) is 10.9 Å². The maximum Gasteiger partial charge on any atom is 0.375 e. The number of fused-ring (bicyclic) bond motifs is 5. The molecule has 3 saturated carbocycles. The van der Waals surface area contributed by atoms with Gasteiger partial charge < -0.3 is 19.4 Å². The molecule has 5 rings (SSSR count). The van der Waals surface area contributed by atoms with Crippen LogP contribution in [-0.2, 0) is 14.3 Å². The maximum atomic E-state index is 17.5. The van der Waals surface area contributed by atoms with Crippen molar-refractivity contribution in [3.8, 4) is 0 Å². The Morgan fingerprint density at radius 3 is 2.74 bits per heavy atom. The quantitative estimate of drug-likeness (QED) is 0.385. The Bertz CT molecular complexity index is 1250. The largest absolute Gasteiger partial charge is 0.457 e. The summed E-state index contributed by atoms with van der Waals surface area (Å²) in [6.45, 7) is 5.28. The summed E-state index contributed by atoms with van der Waals surface area (Å²) in [5.41, 5.74) is -5.24. The molecule has 0 saturated heterocycles. The van der Waals surface area contributed by atoms with Crippen LogP contribution in [0.25, 0.3) is 0 Å². The number of carbonyl (C=O) groups is 3. The van der Waals surface area contributed by atoms with Crippen molar-refractivity contribution >= 4 is 28.6 Å². The smallest absolute Gasteiger partial charge is 0.375 e. The minimum absolute atomic E-state index is 0.0419. The molecule has 0 spiro atoms. The zero-order chi connectivity index (χ0) is 28.2. The summed E-state index contributed by atoms with van der Waals surface area (Å²) in [4.78, 5) is 39.5. The first-order valence-corrected chi connectivity index (χ1v) is 14.5. The van der Waals surface area contributed by atoms with E-state index in [1.807, 2.05) is 13.8 Å². The second-order valence-electron chi connectivity index (χ2n) is 11.8. The molecule has 1 aromatic rings. The third-order valence-electron chi connectivity index (χ3n) is 10.0. The molecule has 4 aliphatic rings. The number of halogens is 1. The van der Waals surface area contributed by atoms with Gasteiger partial charge >= 0.3 is 5.97 Å². The molecule has 3 fully saturated rings. The van der Waals surface area contributed by atoms with Gasteiger partial charge in [-0.05, 0) is 62.8 Å². The Morgan fingerprint density at radius 1 is 1.28 bits per heavy atom. The molecular formula is C30H35FO7S. The van der Waals surface area contributed by atoms with E-state index in [0.717, 1.165) is 11.8 Å². The summed E-state index contributed by atoms with van der Waals surface area (Å²) < 4.78 is 29.0. The van der Waals surface area contributed by atoms with Crippen molar-refractivity contribution in [3.05, 3.63) is 60.1 Å². The standard InChI is InChI=1S/C30H35FO7S/c1-18-15-22-21-9-8-19-16-20(33)10-11-27(19,2)29(21,31)24(34)17-28(22,3)30(18,26(36)39-14-5-4-12-32)38-25(35)23-7-6-13-37-23/h4-7,10-11,13,16,18,21-22,24,32,34H,8-9,12,14-15,17H2,1-3H3/b5-4-/t18-,21?,22?,24?,27+,28?,29+,30+/m1/s1. The molecule has 0 aliphatic heterocycles. The molecule has 210 valence electrons. The van der Waals surface area contributed by atoms with Crippen LogP contribution in [0.5, 0.6) is 0 Å². The van der Waals surface area contributed by atoms with Crippen molar-refractivity contribution in [2.24, 2.45) is 28.6 Å². The highest BCUT2D eigenvalue weighted by Crippen LogP contribution is 2.71. The first kappa shape index (κ1) is 28.1. The number of thioether (sulfide) groups is 1. The van der Waals surface area contributed by atoms with Crippen molar-refractivity contribution in [2.45, 2.75) is 63.8 Å². The number of alkyl halides is 1. The Labute approximate surface area is 231 Å². The molecular weight excluding hydrogens is 523 g/mol. The van der Waals surface area contributed by atoms with Crippen LogP contribution in [0.1, 0.15) is 57.0 Å². The summed E-state index contributed by atoms with van der Waals surface area (Å²) in [5.74, 6) is -2.20. The van der Waals surface area contributed by atoms with Gasteiger partial charge in [0, 0.05) is 28.4 Å². The maximum absolute atomic E-state index is 17.5. The Morgan fingerprint density at radius 2 is 2.05 bits per heavy atom. The first-order valence-electron chi connectivity index (χ1n) is 13.5. The second-order valence-corrected chi connectivity index (χ2v) is 12.7. The van der Waals surface area contributed by atoms with Crippen LogP contribution >= 0.6 is 11.8 Å². The number of ketones is 1. The van der Waals surface area contributed by atoms with Crippen molar-refractivity contribution in [1.29, 1.82) is 0 Å². The van der Waals surface area contributed by atoms with E-state index in [-0.39, 0.29) is 41.4 Å². The SMILES string of the molecule is C[C@@H]1CC2C3CCC4=CC(=O)C=C[C@]4(C)[C@@]3(F)C(O)CC2(C)[C@@]1(OC(=O)c1ccco1)C(=O)SC/C=C\CO. The van der Waals surface area contributed by atoms with Gasteiger partial charge in [-0.1, -0.05) is 49.4 Å². The van der Waals surface area contributed by atoms with Gasteiger partial charge in [0.05, 0.1) is 19.0 Å². The number of aliphatic hydroxyl groups excluding tert-OH is 2. The molecule has 4 unspecified atom stereocenters. The monoisotopic (exact) mass is 558 g/mol. The van der Waals surface area contributed by atoms with E-state index in [1.165, 1.54) is 30.6 Å². The van der Waals surface area contributed by atoms with Crippen molar-refractivity contribution in [3.63, 3.8) is 0 Å². The molecule has 9 heteroatoms. The normalized spacial score (nSPS) is 41.1. The fraction of sp³-hybridized carbons (Fsp3) is 0.567. The Balaban J connectivity index is 1.58. The van der Waals surface area contributed by atoms with Crippen LogP contribution in [-0.4, -0.2) is 56.8 Å². The van der Waals surface area contributed by atoms with Gasteiger partial charge in [0.15, 0.2) is 17.1 Å². The van der Waals surface area contributed by atoms with Crippen LogP contribution < -0.4 is 0 Å². The lowest BCUT2D eigenvalue weighted by Crippen LogP contribution is -2.69. The molecule has 0 amide bonds. The second kappa shape index (κ2) is 9.85. The molecule has 2 N–H and O–H groups in total. The van der Waals surface area contributed by atoms with E-state index in [2.05, 4.69) is 0 Å². The molecule has 39 heavy (non-hydrogen) atoms. The van der Waals surface area contributed by atoms with Crippen molar-refractivity contribution < 1.29 is 38.1 Å². The molecule has 8 atom stereocenters. The van der Waals surface area contributed by atoms with Gasteiger partial charge in [0.1, 0.15) is 0 Å². The fourth-order valence-electron chi connectivity index (χ4n) is 8.19. The summed E-state index contributed by atoms with van der Waals surface area (Å²) in [7, 11) is 0. The molecule has 1 aromatic heterocycles. The zero-order valence-corrected chi connectivity index (χ0v) is 23.2. The number of hydrogen-bond donors (Lipinski definition) is 2. The summed E-state index contributed by atoms with van der Waals surface area (Å²) in [6.07, 6.45) is 8.79. The highest BCUT2D eigenvalue weighted by atomic mass is 32.2. The van der Waals surface area contributed by atoms with Gasteiger partial charge in [-0.25, -0.2) is 9.18 Å². The molecule has 0 radical (unpaired) electrons. The first-order chi connectivity index (χ1) is 18.5. The number of ether oxygens (including phenoxy) is 1. The predicted octanol–water partition coefficient (Wildman–Crippen LogP) is 4.60. The number of furan rings is 1. The van der Waals surface area contributed by atoms with E-state index < -0.39 is 46.0 Å². The van der Waals surface area contributed by atoms with Gasteiger partial charge in [-0.15, -0.1) is 0 Å². The van der Waals surface area contributed by atoms with Gasteiger partial charge in [-0.3, -0.25) is 9.59 Å². The Kier molecular flexibility index (Phi) is 7.09. The van der Waals surface area contributed by atoms with Crippen LogP contribution in [0.4, 0.5) is 4.39 Å². The van der Waals surface area contributed by atoms with Crippen LogP contribution in [0.3, 0.4) is 0 Å². The minimum atomic E-state index is -2.06. The zero-order valence-electron chi connectivity index (χ0n) is 22.4. The van der Waals surface area contributed by atoms with E-state index in [1.54, 1.807) is 25.1 Å². The highest BCUT2D eigenvalue weighted by Gasteiger charge is 2.77. The number of esters is 1. The number of aliphatic hydroxyl groups is 2. The average molecular weight is 559 g/mol. The lowest BCUT2D eigenvalue weighted by atomic mass is 9.45. The fourth-order valence-corrected chi connectivity index (χ4v) is 9.26. The highest BCUT2D eigenvalue weighted by molar-refractivity contribution is 8.14. The third kappa shape index (κ3) is 3.87. The van der Waals surface area contributed by atoms with Crippen molar-refractivity contribution in [1.82, 2.24) is 0 Å². The van der Waals surface area contributed by atoms with Gasteiger partial charge in [0.25, 0.3) is 0 Å². The predicted molar refractivity (Wildman–Crippen MR) is 143 cm³/mol. The minimum Gasteiger partial charge on any atom is -0.457 e. The molecule has 0 aromatic carbocycles. The van der Waals surface area contributed by atoms with E-state index >= 15 is 4.39 Å². The lowest BCUT2D eigenvalue weighted by molar-refractivity contribution is -0.216. The lowest BCUT2D eigenvalue weighted by Gasteiger charge is -2.62. The van der Waals surface area contributed by atoms with Crippen LogP contribution in [0.2, 0.25) is 0 Å². The molecule has 7 nitrogen and oxygen atoms in total. The molecule has 1 heterocycles. The summed E-state index contributed by atoms with van der Waals surface area (Å²) in [6, 6.07) is 3.02.